The van der Waals surface area contributed by atoms with Gasteiger partial charge in [0.1, 0.15) is 5.83 Å². The molecule has 0 aromatic carbocycles. The van der Waals surface area contributed by atoms with Crippen molar-refractivity contribution in [1.82, 2.24) is 0 Å². The molecule has 0 radical (unpaired) electrons. The van der Waals surface area contributed by atoms with Crippen molar-refractivity contribution in [3.05, 3.63) is 23.6 Å². The summed E-state index contributed by atoms with van der Waals surface area (Å²) in [5, 5.41) is 0. The van der Waals surface area contributed by atoms with Crippen molar-refractivity contribution in [2.45, 2.75) is 13.3 Å². The standard InChI is InChI=1S/C8H12FN/c1-6-4-7(5-10)2-3-8(6)9/h3-4,7H,2,5,10H2,1H3. The van der Waals surface area contributed by atoms with Crippen LogP contribution in [0.3, 0.4) is 0 Å². The van der Waals surface area contributed by atoms with Crippen LogP contribution < -0.4 is 5.73 Å². The Morgan fingerprint density at radius 3 is 3.00 bits per heavy atom. The van der Waals surface area contributed by atoms with Gasteiger partial charge in [0.25, 0.3) is 0 Å². The zero-order chi connectivity index (χ0) is 7.56. The Bertz CT molecular complexity index is 182. The summed E-state index contributed by atoms with van der Waals surface area (Å²) >= 11 is 0. The third-order valence-electron chi connectivity index (χ3n) is 1.76. The van der Waals surface area contributed by atoms with Crippen LogP contribution in [0.15, 0.2) is 23.6 Å². The summed E-state index contributed by atoms with van der Waals surface area (Å²) in [6.07, 6.45) is 4.25. The fourth-order valence-electron chi connectivity index (χ4n) is 1.08. The van der Waals surface area contributed by atoms with Crippen molar-refractivity contribution in [1.29, 1.82) is 0 Å². The molecule has 2 heteroatoms. The van der Waals surface area contributed by atoms with Gasteiger partial charge in [-0.05, 0) is 37.5 Å². The maximum absolute atomic E-state index is 12.6. The highest BCUT2D eigenvalue weighted by atomic mass is 19.1. The summed E-state index contributed by atoms with van der Waals surface area (Å²) < 4.78 is 12.6. The van der Waals surface area contributed by atoms with E-state index in [0.29, 0.717) is 12.5 Å². The minimum atomic E-state index is -0.0929. The van der Waals surface area contributed by atoms with Crippen molar-refractivity contribution < 1.29 is 4.39 Å². The number of halogens is 1. The summed E-state index contributed by atoms with van der Waals surface area (Å²) in [4.78, 5) is 0. The number of allylic oxidation sites excluding steroid dienone is 3. The fourth-order valence-corrected chi connectivity index (χ4v) is 1.08. The second-order valence-corrected chi connectivity index (χ2v) is 2.63. The lowest BCUT2D eigenvalue weighted by atomic mass is 9.96. The third kappa shape index (κ3) is 1.45. The van der Waals surface area contributed by atoms with E-state index in [-0.39, 0.29) is 5.83 Å². The molecule has 1 aliphatic carbocycles. The van der Waals surface area contributed by atoms with Gasteiger partial charge in [-0.1, -0.05) is 6.08 Å². The molecule has 0 saturated carbocycles. The molecule has 1 atom stereocenters. The first-order valence-corrected chi connectivity index (χ1v) is 3.48. The Labute approximate surface area is 60.4 Å². The predicted octanol–water partition coefficient (Wildman–Crippen LogP) is 1.76. The Hall–Kier alpha value is -0.630. The smallest absolute Gasteiger partial charge is 0.121 e. The number of hydrogen-bond acceptors (Lipinski definition) is 1. The number of nitrogens with two attached hydrogens (primary N) is 1. The predicted molar refractivity (Wildman–Crippen MR) is 40.1 cm³/mol. The molecule has 0 spiro atoms. The molecule has 0 aromatic heterocycles. The lowest BCUT2D eigenvalue weighted by Crippen LogP contribution is -2.13. The SMILES string of the molecule is CC1=CC(CN)CC=C1F. The van der Waals surface area contributed by atoms with Gasteiger partial charge >= 0.3 is 0 Å². The van der Waals surface area contributed by atoms with Crippen LogP contribution >= 0.6 is 0 Å². The topological polar surface area (TPSA) is 26.0 Å². The largest absolute Gasteiger partial charge is 0.330 e. The van der Waals surface area contributed by atoms with Crippen molar-refractivity contribution >= 4 is 0 Å². The summed E-state index contributed by atoms with van der Waals surface area (Å²) in [5.41, 5.74) is 6.14. The van der Waals surface area contributed by atoms with Crippen LogP contribution in [0.1, 0.15) is 13.3 Å². The van der Waals surface area contributed by atoms with Gasteiger partial charge in [-0.15, -0.1) is 0 Å². The maximum atomic E-state index is 12.6. The van der Waals surface area contributed by atoms with Crippen LogP contribution in [0.25, 0.3) is 0 Å². The van der Waals surface area contributed by atoms with Gasteiger partial charge in [0.05, 0.1) is 0 Å². The molecule has 2 N–H and O–H groups in total. The molecular weight excluding hydrogens is 129 g/mol. The highest BCUT2D eigenvalue weighted by Gasteiger charge is 2.10. The quantitative estimate of drug-likeness (QED) is 0.591. The van der Waals surface area contributed by atoms with E-state index in [2.05, 4.69) is 0 Å². The van der Waals surface area contributed by atoms with Crippen molar-refractivity contribution in [2.24, 2.45) is 11.7 Å². The average Bonchev–Trinajstić information content (AvgIpc) is 1.95. The number of hydrogen-bond donors (Lipinski definition) is 1. The van der Waals surface area contributed by atoms with Crippen molar-refractivity contribution in [3.63, 3.8) is 0 Å². The summed E-state index contributed by atoms with van der Waals surface area (Å²) in [6, 6.07) is 0. The highest BCUT2D eigenvalue weighted by molar-refractivity contribution is 5.27. The zero-order valence-electron chi connectivity index (χ0n) is 6.10. The lowest BCUT2D eigenvalue weighted by Gasteiger charge is -2.13. The van der Waals surface area contributed by atoms with E-state index in [1.807, 2.05) is 6.08 Å². The molecular formula is C8H12FN. The number of rotatable bonds is 1. The second-order valence-electron chi connectivity index (χ2n) is 2.63. The van der Waals surface area contributed by atoms with Gasteiger partial charge in [0.2, 0.25) is 0 Å². The first kappa shape index (κ1) is 7.48. The molecule has 1 unspecified atom stereocenters. The molecule has 0 aromatic rings. The normalized spacial score (nSPS) is 25.7. The van der Waals surface area contributed by atoms with Crippen LogP contribution in [0.5, 0.6) is 0 Å². The monoisotopic (exact) mass is 141 g/mol. The summed E-state index contributed by atoms with van der Waals surface area (Å²) in [6.45, 7) is 2.38. The summed E-state index contributed by atoms with van der Waals surface area (Å²) in [5.74, 6) is 0.254. The Morgan fingerprint density at radius 1 is 1.80 bits per heavy atom. The van der Waals surface area contributed by atoms with E-state index >= 15 is 0 Å². The third-order valence-corrected chi connectivity index (χ3v) is 1.76. The molecule has 1 aliphatic rings. The van der Waals surface area contributed by atoms with Gasteiger partial charge in [0.15, 0.2) is 0 Å². The lowest BCUT2D eigenvalue weighted by molar-refractivity contribution is 0.590. The van der Waals surface area contributed by atoms with Crippen LogP contribution in [0, 0.1) is 5.92 Å². The van der Waals surface area contributed by atoms with Crippen LogP contribution in [0.2, 0.25) is 0 Å². The Kier molecular flexibility index (Phi) is 2.22. The average molecular weight is 141 g/mol. The zero-order valence-corrected chi connectivity index (χ0v) is 6.10. The minimum absolute atomic E-state index is 0.0929. The van der Waals surface area contributed by atoms with E-state index in [1.165, 1.54) is 0 Å². The van der Waals surface area contributed by atoms with E-state index < -0.39 is 0 Å². The molecule has 0 saturated heterocycles. The molecule has 1 nitrogen and oxygen atoms in total. The highest BCUT2D eigenvalue weighted by Crippen LogP contribution is 2.22. The maximum Gasteiger partial charge on any atom is 0.121 e. The van der Waals surface area contributed by atoms with Gasteiger partial charge in [0, 0.05) is 0 Å². The molecule has 10 heavy (non-hydrogen) atoms. The van der Waals surface area contributed by atoms with Gasteiger partial charge in [-0.2, -0.15) is 0 Å². The molecule has 0 fully saturated rings. The minimum Gasteiger partial charge on any atom is -0.330 e. The van der Waals surface area contributed by atoms with Gasteiger partial charge in [-0.25, -0.2) is 4.39 Å². The molecule has 0 heterocycles. The van der Waals surface area contributed by atoms with Crippen molar-refractivity contribution in [2.75, 3.05) is 6.54 Å². The second kappa shape index (κ2) is 2.97. The van der Waals surface area contributed by atoms with Crippen LogP contribution in [-0.2, 0) is 0 Å². The van der Waals surface area contributed by atoms with E-state index in [9.17, 15) is 4.39 Å². The van der Waals surface area contributed by atoms with Gasteiger partial charge in [-0.3, -0.25) is 0 Å². The van der Waals surface area contributed by atoms with Crippen molar-refractivity contribution in [3.8, 4) is 0 Å². The Balaban J connectivity index is 2.66. The fraction of sp³-hybridized carbons (Fsp3) is 0.500. The molecule has 0 aliphatic heterocycles. The molecule has 56 valence electrons. The van der Waals surface area contributed by atoms with E-state index in [1.54, 1.807) is 13.0 Å². The summed E-state index contributed by atoms with van der Waals surface area (Å²) in [7, 11) is 0. The Morgan fingerprint density at radius 2 is 2.50 bits per heavy atom. The molecule has 0 bridgehead atoms. The molecule has 0 amide bonds. The first-order chi connectivity index (χ1) is 4.74. The van der Waals surface area contributed by atoms with Gasteiger partial charge < -0.3 is 5.73 Å². The molecule has 1 rings (SSSR count). The van der Waals surface area contributed by atoms with Crippen LogP contribution in [0.4, 0.5) is 4.39 Å². The van der Waals surface area contributed by atoms with E-state index in [0.717, 1.165) is 12.0 Å². The van der Waals surface area contributed by atoms with E-state index in [4.69, 9.17) is 5.73 Å². The van der Waals surface area contributed by atoms with Crippen LogP contribution in [-0.4, -0.2) is 6.54 Å². The first-order valence-electron chi connectivity index (χ1n) is 3.48.